The average molecular weight is 409 g/mol. The zero-order chi connectivity index (χ0) is 20.2. The zero-order valence-corrected chi connectivity index (χ0v) is 17.4. The van der Waals surface area contributed by atoms with Crippen molar-refractivity contribution in [3.8, 4) is 22.1 Å². The van der Waals surface area contributed by atoms with Crippen LogP contribution in [0.3, 0.4) is 0 Å². The third kappa shape index (κ3) is 4.27. The van der Waals surface area contributed by atoms with E-state index in [4.69, 9.17) is 9.47 Å². The number of carbonyl (C=O) groups is 1. The lowest BCUT2D eigenvalue weighted by Gasteiger charge is -2.26. The Morgan fingerprint density at radius 2 is 2.00 bits per heavy atom. The maximum Gasteiger partial charge on any atom is 0.226 e. The molecular formula is C23H24N2O3S. The van der Waals surface area contributed by atoms with Crippen molar-refractivity contribution in [1.29, 1.82) is 0 Å². The summed E-state index contributed by atoms with van der Waals surface area (Å²) in [6.07, 6.45) is 3.45. The van der Waals surface area contributed by atoms with Crippen molar-refractivity contribution in [2.24, 2.45) is 0 Å². The Balaban J connectivity index is 1.44. The van der Waals surface area contributed by atoms with Crippen molar-refractivity contribution in [1.82, 2.24) is 10.3 Å². The third-order valence-electron chi connectivity index (χ3n) is 5.23. The van der Waals surface area contributed by atoms with E-state index in [-0.39, 0.29) is 18.4 Å². The Bertz CT molecular complexity index is 1010. The Labute approximate surface area is 174 Å². The summed E-state index contributed by atoms with van der Waals surface area (Å²) >= 11 is 1.52. The monoisotopic (exact) mass is 408 g/mol. The van der Waals surface area contributed by atoms with E-state index >= 15 is 0 Å². The van der Waals surface area contributed by atoms with Crippen molar-refractivity contribution in [2.45, 2.75) is 31.7 Å². The van der Waals surface area contributed by atoms with Crippen LogP contribution in [0.2, 0.25) is 0 Å². The number of rotatable bonds is 6. The summed E-state index contributed by atoms with van der Waals surface area (Å²) in [7, 11) is 3.23. The predicted octanol–water partition coefficient (Wildman–Crippen LogP) is 4.56. The van der Waals surface area contributed by atoms with E-state index in [1.807, 2.05) is 29.6 Å². The van der Waals surface area contributed by atoms with Crippen molar-refractivity contribution < 1.29 is 14.3 Å². The van der Waals surface area contributed by atoms with E-state index in [1.54, 1.807) is 14.2 Å². The van der Waals surface area contributed by atoms with Gasteiger partial charge < -0.3 is 14.8 Å². The van der Waals surface area contributed by atoms with Gasteiger partial charge in [0.25, 0.3) is 0 Å². The van der Waals surface area contributed by atoms with Gasteiger partial charge in [0.2, 0.25) is 5.91 Å². The van der Waals surface area contributed by atoms with Gasteiger partial charge in [-0.05, 0) is 48.6 Å². The van der Waals surface area contributed by atoms with Crippen LogP contribution in [0.15, 0.2) is 47.8 Å². The summed E-state index contributed by atoms with van der Waals surface area (Å²) < 4.78 is 10.7. The molecule has 4 rings (SSSR count). The van der Waals surface area contributed by atoms with Gasteiger partial charge in [0.15, 0.2) is 11.5 Å². The highest BCUT2D eigenvalue weighted by molar-refractivity contribution is 7.13. The van der Waals surface area contributed by atoms with Gasteiger partial charge in [-0.1, -0.05) is 24.3 Å². The molecule has 1 heterocycles. The number of aromatic nitrogens is 1. The van der Waals surface area contributed by atoms with Crippen molar-refractivity contribution >= 4 is 17.2 Å². The Kier molecular flexibility index (Phi) is 5.81. The van der Waals surface area contributed by atoms with E-state index in [2.05, 4.69) is 28.5 Å². The summed E-state index contributed by atoms with van der Waals surface area (Å²) in [5.41, 5.74) is 4.31. The Morgan fingerprint density at radius 1 is 1.17 bits per heavy atom. The van der Waals surface area contributed by atoms with Gasteiger partial charge >= 0.3 is 0 Å². The van der Waals surface area contributed by atoms with Crippen LogP contribution >= 0.6 is 11.3 Å². The van der Waals surface area contributed by atoms with Crippen LogP contribution in [0, 0.1) is 0 Å². The zero-order valence-electron chi connectivity index (χ0n) is 16.6. The number of aryl methyl sites for hydroxylation is 1. The molecule has 29 heavy (non-hydrogen) atoms. The molecule has 3 aromatic rings. The van der Waals surface area contributed by atoms with E-state index in [0.717, 1.165) is 35.5 Å². The molecule has 0 fully saturated rings. The molecule has 0 radical (unpaired) electrons. The van der Waals surface area contributed by atoms with Crippen LogP contribution in [0.25, 0.3) is 10.6 Å². The molecule has 0 unspecified atom stereocenters. The molecule has 1 aromatic heterocycles. The fourth-order valence-corrected chi connectivity index (χ4v) is 4.62. The molecular weight excluding hydrogens is 384 g/mol. The molecule has 6 heteroatoms. The van der Waals surface area contributed by atoms with Crippen molar-refractivity contribution in [3.05, 3.63) is 64.7 Å². The molecule has 1 aliphatic rings. The summed E-state index contributed by atoms with van der Waals surface area (Å²) in [6.45, 7) is 0. The second-order valence-corrected chi connectivity index (χ2v) is 7.96. The van der Waals surface area contributed by atoms with Gasteiger partial charge in [-0.15, -0.1) is 11.3 Å². The van der Waals surface area contributed by atoms with Crippen LogP contribution in [-0.4, -0.2) is 25.1 Å². The number of hydrogen-bond acceptors (Lipinski definition) is 5. The van der Waals surface area contributed by atoms with Crippen LogP contribution in [0.4, 0.5) is 0 Å². The number of thiazole rings is 1. The second kappa shape index (κ2) is 8.66. The molecule has 0 saturated carbocycles. The fourth-order valence-electron chi connectivity index (χ4n) is 3.80. The number of methoxy groups -OCH3 is 2. The first-order chi connectivity index (χ1) is 14.2. The van der Waals surface area contributed by atoms with E-state index in [0.29, 0.717) is 11.5 Å². The quantitative estimate of drug-likeness (QED) is 0.649. The topological polar surface area (TPSA) is 60.5 Å². The van der Waals surface area contributed by atoms with E-state index in [1.165, 1.54) is 22.5 Å². The van der Waals surface area contributed by atoms with Crippen molar-refractivity contribution in [2.75, 3.05) is 14.2 Å². The molecule has 1 N–H and O–H groups in total. The van der Waals surface area contributed by atoms with Crippen LogP contribution in [0.5, 0.6) is 11.5 Å². The number of nitrogens with zero attached hydrogens (tertiary/aromatic N) is 1. The number of amides is 1. The molecule has 150 valence electrons. The minimum atomic E-state index is 0.0101. The van der Waals surface area contributed by atoms with E-state index in [9.17, 15) is 4.79 Å². The summed E-state index contributed by atoms with van der Waals surface area (Å²) in [6, 6.07) is 14.2. The maximum absolute atomic E-state index is 12.6. The van der Waals surface area contributed by atoms with Gasteiger partial charge in [0.05, 0.1) is 32.4 Å². The number of benzene rings is 2. The molecule has 5 nitrogen and oxygen atoms in total. The number of carbonyl (C=O) groups excluding carboxylic acids is 1. The number of fused-ring (bicyclic) bond motifs is 1. The highest BCUT2D eigenvalue weighted by atomic mass is 32.1. The SMILES string of the molecule is COc1ccc(-c2nc(CC(=O)N[C@H]3CCCc4ccccc43)cs2)cc1OC. The summed E-state index contributed by atoms with van der Waals surface area (Å²) in [5, 5.41) is 6.00. The molecule has 0 saturated heterocycles. The maximum atomic E-state index is 12.6. The highest BCUT2D eigenvalue weighted by Crippen LogP contribution is 2.34. The molecule has 0 bridgehead atoms. The van der Waals surface area contributed by atoms with Crippen LogP contribution < -0.4 is 14.8 Å². The molecule has 1 amide bonds. The number of nitrogens with one attached hydrogen (secondary N) is 1. The van der Waals surface area contributed by atoms with Crippen molar-refractivity contribution in [3.63, 3.8) is 0 Å². The second-order valence-electron chi connectivity index (χ2n) is 7.10. The minimum Gasteiger partial charge on any atom is -0.493 e. The van der Waals surface area contributed by atoms with Gasteiger partial charge in [-0.25, -0.2) is 4.98 Å². The highest BCUT2D eigenvalue weighted by Gasteiger charge is 2.21. The van der Waals surface area contributed by atoms with Crippen LogP contribution in [-0.2, 0) is 17.6 Å². The average Bonchev–Trinajstić information content (AvgIpc) is 3.21. The Morgan fingerprint density at radius 3 is 2.83 bits per heavy atom. The number of ether oxygens (including phenoxy) is 2. The third-order valence-corrected chi connectivity index (χ3v) is 6.17. The van der Waals surface area contributed by atoms with Gasteiger partial charge in [0, 0.05) is 10.9 Å². The first kappa shape index (κ1) is 19.5. The summed E-state index contributed by atoms with van der Waals surface area (Å²) in [5.74, 6) is 1.35. The predicted molar refractivity (Wildman–Crippen MR) is 115 cm³/mol. The lowest BCUT2D eigenvalue weighted by atomic mass is 9.87. The smallest absolute Gasteiger partial charge is 0.226 e. The molecule has 0 aliphatic heterocycles. The largest absolute Gasteiger partial charge is 0.493 e. The van der Waals surface area contributed by atoms with Gasteiger partial charge in [0.1, 0.15) is 5.01 Å². The molecule has 0 spiro atoms. The summed E-state index contributed by atoms with van der Waals surface area (Å²) in [4.78, 5) is 17.3. The first-order valence-electron chi connectivity index (χ1n) is 9.72. The molecule has 1 aliphatic carbocycles. The van der Waals surface area contributed by atoms with Gasteiger partial charge in [-0.3, -0.25) is 4.79 Å². The Hall–Kier alpha value is -2.86. The number of hydrogen-bond donors (Lipinski definition) is 1. The first-order valence-corrected chi connectivity index (χ1v) is 10.6. The standard InChI is InChI=1S/C23H24N2O3S/c1-27-20-11-10-16(12-21(20)28-2)23-24-17(14-29-23)13-22(26)25-19-9-5-7-15-6-3-4-8-18(15)19/h3-4,6,8,10-12,14,19H,5,7,9,13H2,1-2H3,(H,25,26)/t19-/m0/s1. The molecule has 2 aromatic carbocycles. The van der Waals surface area contributed by atoms with Crippen LogP contribution in [0.1, 0.15) is 35.7 Å². The molecule has 1 atom stereocenters. The minimum absolute atomic E-state index is 0.0101. The fraction of sp³-hybridized carbons (Fsp3) is 0.304. The normalized spacial score (nSPS) is 15.4. The lowest BCUT2D eigenvalue weighted by molar-refractivity contribution is -0.121. The van der Waals surface area contributed by atoms with Gasteiger partial charge in [-0.2, -0.15) is 0 Å². The van der Waals surface area contributed by atoms with E-state index < -0.39 is 0 Å². The lowest BCUT2D eigenvalue weighted by Crippen LogP contribution is -2.32.